The highest BCUT2D eigenvalue weighted by Gasteiger charge is 2.03. The molecule has 4 N–H and O–H groups in total. The van der Waals surface area contributed by atoms with Crippen molar-refractivity contribution in [2.24, 2.45) is 0 Å². The summed E-state index contributed by atoms with van der Waals surface area (Å²) in [6.45, 7) is 3.93. The molecule has 6 nitrogen and oxygen atoms in total. The molecule has 0 aliphatic carbocycles. The van der Waals surface area contributed by atoms with Gasteiger partial charge in [-0.25, -0.2) is 0 Å². The maximum atomic E-state index is 5.77. The summed E-state index contributed by atoms with van der Waals surface area (Å²) in [5.74, 6) is 4.72. The molecule has 34 heavy (non-hydrogen) atoms. The molecule has 0 aliphatic rings. The van der Waals surface area contributed by atoms with Crippen LogP contribution in [0.3, 0.4) is 0 Å². The third-order valence-corrected chi connectivity index (χ3v) is 4.95. The van der Waals surface area contributed by atoms with Gasteiger partial charge in [-0.3, -0.25) is 0 Å². The number of benzene rings is 4. The van der Waals surface area contributed by atoms with E-state index in [1.807, 2.05) is 98.8 Å². The van der Waals surface area contributed by atoms with Gasteiger partial charge in [-0.1, -0.05) is 6.07 Å². The quantitative estimate of drug-likeness (QED) is 0.310. The fourth-order valence-electron chi connectivity index (χ4n) is 3.14. The maximum absolute atomic E-state index is 5.77. The number of hydrogen-bond acceptors (Lipinski definition) is 6. The fraction of sp³-hybridized carbons (Fsp3) is 0.143. The van der Waals surface area contributed by atoms with E-state index in [0.29, 0.717) is 0 Å². The minimum atomic E-state index is 0.737. The average Bonchev–Trinajstić information content (AvgIpc) is 2.84. The van der Waals surface area contributed by atoms with E-state index in [0.717, 1.165) is 57.0 Å². The van der Waals surface area contributed by atoms with E-state index in [4.69, 9.17) is 30.4 Å². The number of methoxy groups -OCH3 is 2. The molecule has 0 heterocycles. The molecule has 0 atom stereocenters. The van der Waals surface area contributed by atoms with Gasteiger partial charge in [0.05, 0.1) is 14.2 Å². The lowest BCUT2D eigenvalue weighted by Gasteiger charge is -2.10. The van der Waals surface area contributed by atoms with Crippen LogP contribution in [0.2, 0.25) is 0 Å². The highest BCUT2D eigenvalue weighted by molar-refractivity contribution is 5.50. The van der Waals surface area contributed by atoms with E-state index < -0.39 is 0 Å². The van der Waals surface area contributed by atoms with Crippen LogP contribution in [0.1, 0.15) is 11.1 Å². The zero-order chi connectivity index (χ0) is 24.5. The molecule has 0 unspecified atom stereocenters. The van der Waals surface area contributed by atoms with Gasteiger partial charge in [0.15, 0.2) is 0 Å². The van der Waals surface area contributed by atoms with Crippen molar-refractivity contribution in [3.8, 4) is 34.5 Å². The van der Waals surface area contributed by atoms with Crippen LogP contribution in [-0.2, 0) is 0 Å². The van der Waals surface area contributed by atoms with Gasteiger partial charge in [-0.2, -0.15) is 0 Å². The van der Waals surface area contributed by atoms with Crippen molar-refractivity contribution in [1.82, 2.24) is 0 Å². The Morgan fingerprint density at radius 3 is 1.47 bits per heavy atom. The lowest BCUT2D eigenvalue weighted by molar-refractivity contribution is 0.409. The molecule has 0 saturated heterocycles. The second-order valence-electron chi connectivity index (χ2n) is 7.61. The first kappa shape index (κ1) is 24.3. The van der Waals surface area contributed by atoms with Gasteiger partial charge >= 0.3 is 0 Å². The molecule has 0 radical (unpaired) electrons. The predicted octanol–water partition coefficient (Wildman–Crippen LogP) is 6.76. The van der Waals surface area contributed by atoms with Gasteiger partial charge < -0.3 is 30.4 Å². The van der Waals surface area contributed by atoms with E-state index in [2.05, 4.69) is 0 Å². The summed E-state index contributed by atoms with van der Waals surface area (Å²) in [6, 6.07) is 26.1. The second-order valence-corrected chi connectivity index (χ2v) is 7.61. The van der Waals surface area contributed by atoms with E-state index in [-0.39, 0.29) is 0 Å². The van der Waals surface area contributed by atoms with Crippen LogP contribution in [0.15, 0.2) is 84.9 Å². The first-order valence-corrected chi connectivity index (χ1v) is 10.7. The SMILES string of the molecule is COc1ccc(Oc2ccc(N)cc2C)cc1.COc1cccc(Oc2ccc(N)cc2C)c1. The third-order valence-electron chi connectivity index (χ3n) is 4.95. The molecular weight excluding hydrogens is 428 g/mol. The molecule has 0 saturated carbocycles. The summed E-state index contributed by atoms with van der Waals surface area (Å²) < 4.78 is 21.8. The Hall–Kier alpha value is -4.32. The molecule has 0 aliphatic heterocycles. The molecule has 4 rings (SSSR count). The van der Waals surface area contributed by atoms with Gasteiger partial charge in [-0.05, 0) is 97.8 Å². The number of ether oxygens (including phenoxy) is 4. The van der Waals surface area contributed by atoms with E-state index in [1.165, 1.54) is 0 Å². The smallest absolute Gasteiger partial charge is 0.131 e. The zero-order valence-corrected chi connectivity index (χ0v) is 19.9. The standard InChI is InChI=1S/2C14H15NO2/c1-10-9-11(15)3-8-14(10)17-13-6-4-12(16-2)5-7-13;1-10-8-11(15)6-7-14(10)17-13-5-3-4-12(9-13)16-2/h2*3-9H,15H2,1-2H3. The first-order chi connectivity index (χ1) is 16.4. The Balaban J connectivity index is 0.000000191. The lowest BCUT2D eigenvalue weighted by atomic mass is 10.2. The van der Waals surface area contributed by atoms with Crippen LogP contribution in [0.4, 0.5) is 11.4 Å². The van der Waals surface area contributed by atoms with Crippen molar-refractivity contribution in [3.05, 3.63) is 96.1 Å². The number of aryl methyl sites for hydroxylation is 2. The highest BCUT2D eigenvalue weighted by atomic mass is 16.5. The van der Waals surface area contributed by atoms with Crippen molar-refractivity contribution in [3.63, 3.8) is 0 Å². The van der Waals surface area contributed by atoms with Gasteiger partial charge in [0, 0.05) is 17.4 Å². The number of anilines is 2. The minimum absolute atomic E-state index is 0.737. The van der Waals surface area contributed by atoms with Crippen molar-refractivity contribution in [1.29, 1.82) is 0 Å². The lowest BCUT2D eigenvalue weighted by Crippen LogP contribution is -1.91. The molecule has 6 heteroatoms. The predicted molar refractivity (Wildman–Crippen MR) is 137 cm³/mol. The Bertz CT molecular complexity index is 1220. The van der Waals surface area contributed by atoms with Crippen LogP contribution in [0.25, 0.3) is 0 Å². The molecule has 4 aromatic rings. The zero-order valence-electron chi connectivity index (χ0n) is 19.9. The largest absolute Gasteiger partial charge is 0.497 e. The Morgan fingerprint density at radius 1 is 0.500 bits per heavy atom. The van der Waals surface area contributed by atoms with E-state index in [9.17, 15) is 0 Å². The van der Waals surface area contributed by atoms with Gasteiger partial charge in [0.25, 0.3) is 0 Å². The third kappa shape index (κ3) is 6.84. The first-order valence-electron chi connectivity index (χ1n) is 10.7. The second kappa shape index (κ2) is 11.5. The molecular formula is C28H30N2O4. The van der Waals surface area contributed by atoms with Crippen molar-refractivity contribution >= 4 is 11.4 Å². The van der Waals surface area contributed by atoms with Crippen LogP contribution in [0.5, 0.6) is 34.5 Å². The topological polar surface area (TPSA) is 89.0 Å². The van der Waals surface area contributed by atoms with Crippen LogP contribution < -0.4 is 30.4 Å². The number of hydrogen-bond donors (Lipinski definition) is 2. The summed E-state index contributed by atoms with van der Waals surface area (Å²) >= 11 is 0. The maximum Gasteiger partial charge on any atom is 0.131 e. The average molecular weight is 459 g/mol. The van der Waals surface area contributed by atoms with Gasteiger partial charge in [-0.15, -0.1) is 0 Å². The summed E-state index contributed by atoms with van der Waals surface area (Å²) in [4.78, 5) is 0. The molecule has 0 bridgehead atoms. The molecule has 0 fully saturated rings. The molecule has 0 spiro atoms. The van der Waals surface area contributed by atoms with Crippen molar-refractivity contribution in [2.75, 3.05) is 25.7 Å². The van der Waals surface area contributed by atoms with Gasteiger partial charge in [0.1, 0.15) is 34.5 Å². The van der Waals surface area contributed by atoms with Crippen LogP contribution >= 0.6 is 0 Å². The monoisotopic (exact) mass is 458 g/mol. The molecule has 0 aromatic heterocycles. The normalized spacial score (nSPS) is 10.0. The molecule has 4 aromatic carbocycles. The highest BCUT2D eigenvalue weighted by Crippen LogP contribution is 2.29. The van der Waals surface area contributed by atoms with E-state index >= 15 is 0 Å². The van der Waals surface area contributed by atoms with E-state index in [1.54, 1.807) is 14.2 Å². The van der Waals surface area contributed by atoms with Gasteiger partial charge in [0.2, 0.25) is 0 Å². The summed E-state index contributed by atoms with van der Waals surface area (Å²) in [7, 11) is 3.27. The van der Waals surface area contributed by atoms with Crippen LogP contribution in [-0.4, -0.2) is 14.2 Å². The molecule has 176 valence electrons. The Labute approximate surface area is 200 Å². The van der Waals surface area contributed by atoms with Crippen molar-refractivity contribution < 1.29 is 18.9 Å². The summed E-state index contributed by atoms with van der Waals surface area (Å²) in [5, 5.41) is 0. The van der Waals surface area contributed by atoms with Crippen molar-refractivity contribution in [2.45, 2.75) is 13.8 Å². The fourth-order valence-corrected chi connectivity index (χ4v) is 3.14. The Morgan fingerprint density at radius 2 is 0.971 bits per heavy atom. The summed E-state index contributed by atoms with van der Waals surface area (Å²) in [6.07, 6.45) is 0. The number of nitrogen functional groups attached to an aromatic ring is 2. The Kier molecular flexibility index (Phi) is 8.24. The summed E-state index contributed by atoms with van der Waals surface area (Å²) in [5.41, 5.74) is 14.9. The number of nitrogens with two attached hydrogens (primary N) is 2. The minimum Gasteiger partial charge on any atom is -0.497 e. The van der Waals surface area contributed by atoms with Crippen LogP contribution in [0, 0.1) is 13.8 Å². The molecule has 0 amide bonds. The number of rotatable bonds is 6.